The normalized spacial score (nSPS) is 26.2. The summed E-state index contributed by atoms with van der Waals surface area (Å²) in [6.07, 6.45) is 4.53. The molecular weight excluding hydrogens is 204 g/mol. The zero-order valence-electron chi connectivity index (χ0n) is 9.78. The summed E-state index contributed by atoms with van der Waals surface area (Å²) < 4.78 is 0. The number of carboxylic acid groups (broad SMARTS) is 1. The maximum atomic E-state index is 10.8. The number of nitrogens with one attached hydrogen (secondary N) is 1. The lowest BCUT2D eigenvalue weighted by atomic mass is 9.84. The van der Waals surface area contributed by atoms with Crippen molar-refractivity contribution in [2.45, 2.75) is 45.1 Å². The zero-order chi connectivity index (χ0) is 12.0. The molecule has 0 amide bonds. The van der Waals surface area contributed by atoms with Crippen molar-refractivity contribution in [3.63, 3.8) is 0 Å². The monoisotopic (exact) mass is 224 g/mol. The zero-order valence-corrected chi connectivity index (χ0v) is 9.78. The highest BCUT2D eigenvalue weighted by Crippen LogP contribution is 2.29. The molecule has 1 heterocycles. The molecule has 3 atom stereocenters. The van der Waals surface area contributed by atoms with Crippen molar-refractivity contribution in [3.8, 4) is 6.07 Å². The quantitative estimate of drug-likeness (QED) is 0.721. The minimum Gasteiger partial charge on any atom is -0.480 e. The molecule has 0 radical (unpaired) electrons. The lowest BCUT2D eigenvalue weighted by Gasteiger charge is -2.19. The Morgan fingerprint density at radius 3 is 2.94 bits per heavy atom. The summed E-state index contributed by atoms with van der Waals surface area (Å²) in [4.78, 5) is 10.8. The predicted molar refractivity (Wildman–Crippen MR) is 60.8 cm³/mol. The standard InChI is InChI=1S/C12H20N2O2/c1-2-3-4-9(5-6-13)10-7-11(12(15)16)14-8-10/h9-11,14H,2-5,7-8H2,1H3,(H,15,16). The Bertz CT molecular complexity index is 273. The van der Waals surface area contributed by atoms with E-state index in [9.17, 15) is 4.79 Å². The summed E-state index contributed by atoms with van der Waals surface area (Å²) >= 11 is 0. The number of nitrogens with zero attached hydrogens (tertiary/aromatic N) is 1. The molecule has 4 nitrogen and oxygen atoms in total. The molecule has 0 aromatic carbocycles. The first-order valence-electron chi connectivity index (χ1n) is 6.02. The van der Waals surface area contributed by atoms with Crippen LogP contribution in [0.15, 0.2) is 0 Å². The van der Waals surface area contributed by atoms with E-state index in [0.29, 0.717) is 24.7 Å². The largest absolute Gasteiger partial charge is 0.480 e. The van der Waals surface area contributed by atoms with Crippen LogP contribution in [0.5, 0.6) is 0 Å². The molecule has 0 spiro atoms. The van der Waals surface area contributed by atoms with Gasteiger partial charge >= 0.3 is 5.97 Å². The Morgan fingerprint density at radius 2 is 2.44 bits per heavy atom. The van der Waals surface area contributed by atoms with E-state index < -0.39 is 12.0 Å². The first-order chi connectivity index (χ1) is 7.69. The second kappa shape index (κ2) is 6.49. The minimum absolute atomic E-state index is 0.354. The maximum absolute atomic E-state index is 10.8. The van der Waals surface area contributed by atoms with Crippen molar-refractivity contribution in [3.05, 3.63) is 0 Å². The molecule has 1 saturated heterocycles. The van der Waals surface area contributed by atoms with Gasteiger partial charge in [0.15, 0.2) is 0 Å². The van der Waals surface area contributed by atoms with Gasteiger partial charge in [0.25, 0.3) is 0 Å². The molecular formula is C12H20N2O2. The highest BCUT2D eigenvalue weighted by atomic mass is 16.4. The van der Waals surface area contributed by atoms with Crippen LogP contribution in [0.1, 0.15) is 39.0 Å². The van der Waals surface area contributed by atoms with Crippen molar-refractivity contribution < 1.29 is 9.90 Å². The second-order valence-corrected chi connectivity index (χ2v) is 4.56. The summed E-state index contributed by atoms with van der Waals surface area (Å²) in [6, 6.07) is 1.81. The molecule has 4 heteroatoms. The highest BCUT2D eigenvalue weighted by molar-refractivity contribution is 5.73. The molecule has 1 aliphatic rings. The fraction of sp³-hybridized carbons (Fsp3) is 0.833. The minimum atomic E-state index is -0.770. The van der Waals surface area contributed by atoms with Gasteiger partial charge in [-0.3, -0.25) is 4.79 Å². The topological polar surface area (TPSA) is 73.1 Å². The average Bonchev–Trinajstić information content (AvgIpc) is 2.73. The average molecular weight is 224 g/mol. The van der Waals surface area contributed by atoms with Crippen molar-refractivity contribution >= 4 is 5.97 Å². The molecule has 1 rings (SSSR count). The Balaban J connectivity index is 2.47. The van der Waals surface area contributed by atoms with Gasteiger partial charge in [0.05, 0.1) is 6.07 Å². The highest BCUT2D eigenvalue weighted by Gasteiger charge is 2.33. The Kier molecular flexibility index (Phi) is 5.27. The third-order valence-electron chi connectivity index (χ3n) is 3.41. The van der Waals surface area contributed by atoms with Crippen LogP contribution in [0.25, 0.3) is 0 Å². The van der Waals surface area contributed by atoms with Crippen LogP contribution < -0.4 is 5.32 Å². The van der Waals surface area contributed by atoms with Gasteiger partial charge in [-0.05, 0) is 31.2 Å². The number of unbranched alkanes of at least 4 members (excludes halogenated alkanes) is 1. The van der Waals surface area contributed by atoms with E-state index >= 15 is 0 Å². The summed E-state index contributed by atoms with van der Waals surface area (Å²) in [5.41, 5.74) is 0. The third-order valence-corrected chi connectivity index (χ3v) is 3.41. The number of hydrogen-bond donors (Lipinski definition) is 2. The predicted octanol–water partition coefficient (Wildman–Crippen LogP) is 1.77. The molecule has 0 aromatic rings. The summed E-state index contributed by atoms with van der Waals surface area (Å²) in [6.45, 7) is 2.88. The van der Waals surface area contributed by atoms with Crippen molar-refractivity contribution in [1.29, 1.82) is 5.26 Å². The first-order valence-corrected chi connectivity index (χ1v) is 6.02. The van der Waals surface area contributed by atoms with Gasteiger partial charge in [-0.1, -0.05) is 19.8 Å². The van der Waals surface area contributed by atoms with Gasteiger partial charge in [-0.15, -0.1) is 0 Å². The molecule has 1 aliphatic heterocycles. The van der Waals surface area contributed by atoms with Crippen molar-refractivity contribution in [2.75, 3.05) is 6.54 Å². The van der Waals surface area contributed by atoms with E-state index in [1.807, 2.05) is 0 Å². The molecule has 0 aliphatic carbocycles. The fourth-order valence-electron chi connectivity index (χ4n) is 2.40. The van der Waals surface area contributed by atoms with Gasteiger partial charge in [0.1, 0.15) is 6.04 Å². The van der Waals surface area contributed by atoms with Gasteiger partial charge in [-0.25, -0.2) is 0 Å². The molecule has 0 bridgehead atoms. The number of aliphatic carboxylic acids is 1. The first kappa shape index (κ1) is 13.0. The van der Waals surface area contributed by atoms with Crippen molar-refractivity contribution in [2.24, 2.45) is 11.8 Å². The molecule has 2 N–H and O–H groups in total. The van der Waals surface area contributed by atoms with Crippen LogP contribution in [0.3, 0.4) is 0 Å². The van der Waals surface area contributed by atoms with Crippen LogP contribution >= 0.6 is 0 Å². The Labute approximate surface area is 96.6 Å². The molecule has 1 fully saturated rings. The number of hydrogen-bond acceptors (Lipinski definition) is 3. The Hall–Kier alpha value is -1.08. The lowest BCUT2D eigenvalue weighted by Crippen LogP contribution is -2.29. The fourth-order valence-corrected chi connectivity index (χ4v) is 2.40. The van der Waals surface area contributed by atoms with Gasteiger partial charge in [-0.2, -0.15) is 5.26 Å². The molecule has 16 heavy (non-hydrogen) atoms. The van der Waals surface area contributed by atoms with Gasteiger partial charge in [0.2, 0.25) is 0 Å². The smallest absolute Gasteiger partial charge is 0.320 e. The number of rotatable bonds is 6. The van der Waals surface area contributed by atoms with E-state index in [0.717, 1.165) is 25.8 Å². The van der Waals surface area contributed by atoms with Crippen LogP contribution in [0.4, 0.5) is 0 Å². The van der Waals surface area contributed by atoms with Gasteiger partial charge in [0, 0.05) is 6.42 Å². The van der Waals surface area contributed by atoms with Crippen LogP contribution in [-0.4, -0.2) is 23.7 Å². The summed E-state index contributed by atoms with van der Waals surface area (Å²) in [5, 5.41) is 20.7. The van der Waals surface area contributed by atoms with E-state index in [1.54, 1.807) is 0 Å². The van der Waals surface area contributed by atoms with Crippen LogP contribution in [-0.2, 0) is 4.79 Å². The van der Waals surface area contributed by atoms with E-state index in [1.165, 1.54) is 0 Å². The summed E-state index contributed by atoms with van der Waals surface area (Å²) in [5.74, 6) is -0.0530. The van der Waals surface area contributed by atoms with Crippen LogP contribution in [0, 0.1) is 23.2 Å². The van der Waals surface area contributed by atoms with E-state index in [-0.39, 0.29) is 0 Å². The third kappa shape index (κ3) is 3.49. The van der Waals surface area contributed by atoms with Crippen LogP contribution in [0.2, 0.25) is 0 Å². The molecule has 90 valence electrons. The molecule has 3 unspecified atom stereocenters. The van der Waals surface area contributed by atoms with E-state index in [4.69, 9.17) is 10.4 Å². The second-order valence-electron chi connectivity index (χ2n) is 4.56. The number of carbonyl (C=O) groups is 1. The molecule has 0 aromatic heterocycles. The van der Waals surface area contributed by atoms with E-state index in [2.05, 4.69) is 18.3 Å². The Morgan fingerprint density at radius 1 is 1.69 bits per heavy atom. The van der Waals surface area contributed by atoms with Gasteiger partial charge < -0.3 is 10.4 Å². The summed E-state index contributed by atoms with van der Waals surface area (Å²) in [7, 11) is 0. The SMILES string of the molecule is CCCCC(CC#N)C1CNC(C(=O)O)C1. The molecule has 0 saturated carbocycles. The number of carboxylic acids is 1. The lowest BCUT2D eigenvalue weighted by molar-refractivity contribution is -0.139. The number of nitriles is 1. The van der Waals surface area contributed by atoms with Crippen molar-refractivity contribution in [1.82, 2.24) is 5.32 Å². The maximum Gasteiger partial charge on any atom is 0.320 e.